The number of hydrogen-bond acceptors (Lipinski definition) is 6. The first-order valence-corrected chi connectivity index (χ1v) is 12.5. The molecule has 0 radical (unpaired) electrons. The van der Waals surface area contributed by atoms with Gasteiger partial charge in [0.1, 0.15) is 5.60 Å². The van der Waals surface area contributed by atoms with E-state index in [1.54, 1.807) is 42.5 Å². The Morgan fingerprint density at radius 1 is 0.742 bits per heavy atom. The van der Waals surface area contributed by atoms with E-state index in [9.17, 15) is 21.6 Å². The van der Waals surface area contributed by atoms with Crippen LogP contribution in [0.25, 0.3) is 0 Å². The number of benzene rings is 3. The Hall–Kier alpha value is -2.81. The molecule has 0 saturated heterocycles. The lowest BCUT2D eigenvalue weighted by atomic mass is 9.92. The molecule has 162 valence electrons. The molecule has 0 aliphatic carbocycles. The van der Waals surface area contributed by atoms with Gasteiger partial charge >= 0.3 is 0 Å². The Morgan fingerprint density at radius 3 is 1.48 bits per heavy atom. The van der Waals surface area contributed by atoms with Gasteiger partial charge in [0, 0.05) is 13.5 Å². The SMILES string of the molecule is CO[C@@](C=O)(CC(S(=O)(=O)c1ccccc1)S(=O)(=O)c1ccccc1)c1ccccc1. The fourth-order valence-corrected chi connectivity index (χ4v) is 7.98. The lowest BCUT2D eigenvalue weighted by molar-refractivity contribution is -0.129. The molecule has 0 saturated carbocycles. The van der Waals surface area contributed by atoms with Crippen LogP contribution < -0.4 is 0 Å². The molecule has 1 atom stereocenters. The smallest absolute Gasteiger partial charge is 0.196 e. The molecule has 0 fully saturated rings. The van der Waals surface area contributed by atoms with Crippen molar-refractivity contribution in [3.05, 3.63) is 96.6 Å². The first kappa shape index (κ1) is 22.9. The Balaban J connectivity index is 2.23. The standard InChI is InChI=1S/C23H22O6S2/c1-29-23(18-24,19-11-5-2-6-12-19)17-22(30(25,26)20-13-7-3-8-14-20)31(27,28)21-15-9-4-10-16-21/h2-16,18,22H,17H2,1H3/t23-/m1/s1. The average molecular weight is 459 g/mol. The molecule has 3 rings (SSSR count). The number of methoxy groups -OCH3 is 1. The molecule has 8 heteroatoms. The molecule has 3 aromatic carbocycles. The predicted octanol–water partition coefficient (Wildman–Crippen LogP) is 3.39. The number of carbonyl (C=O) groups is 1. The van der Waals surface area contributed by atoms with Gasteiger partial charge in [0.15, 0.2) is 30.5 Å². The molecule has 6 nitrogen and oxygen atoms in total. The van der Waals surface area contributed by atoms with Crippen molar-refractivity contribution < 1.29 is 26.4 Å². The number of aldehydes is 1. The molecule has 0 N–H and O–H groups in total. The fraction of sp³-hybridized carbons (Fsp3) is 0.174. The van der Waals surface area contributed by atoms with Gasteiger partial charge in [0.05, 0.1) is 9.79 Å². The van der Waals surface area contributed by atoms with Crippen LogP contribution in [0.5, 0.6) is 0 Å². The van der Waals surface area contributed by atoms with E-state index in [0.29, 0.717) is 11.8 Å². The Kier molecular flexibility index (Phi) is 6.74. The van der Waals surface area contributed by atoms with Crippen LogP contribution in [0.2, 0.25) is 0 Å². The average Bonchev–Trinajstić information content (AvgIpc) is 2.81. The first-order chi connectivity index (χ1) is 14.8. The topological polar surface area (TPSA) is 94.6 Å². The van der Waals surface area contributed by atoms with Crippen LogP contribution in [0.4, 0.5) is 0 Å². The largest absolute Gasteiger partial charge is 0.366 e. The van der Waals surface area contributed by atoms with E-state index >= 15 is 0 Å². The second kappa shape index (κ2) is 9.13. The van der Waals surface area contributed by atoms with E-state index in [2.05, 4.69) is 0 Å². The molecule has 0 aliphatic rings. The molecule has 0 aromatic heterocycles. The van der Waals surface area contributed by atoms with Gasteiger partial charge in [-0.15, -0.1) is 0 Å². The first-order valence-electron chi connectivity index (χ1n) is 9.43. The third-order valence-electron chi connectivity index (χ3n) is 5.12. The van der Waals surface area contributed by atoms with Crippen LogP contribution in [-0.2, 0) is 34.8 Å². The molecule has 31 heavy (non-hydrogen) atoms. The second-order valence-electron chi connectivity index (χ2n) is 6.93. The summed E-state index contributed by atoms with van der Waals surface area (Å²) in [5, 5.41) is 0. The zero-order valence-corrected chi connectivity index (χ0v) is 18.4. The van der Waals surface area contributed by atoms with Crippen molar-refractivity contribution in [2.24, 2.45) is 0 Å². The number of rotatable bonds is 9. The highest BCUT2D eigenvalue weighted by atomic mass is 32.3. The molecule has 0 spiro atoms. The molecule has 3 aromatic rings. The number of sulfone groups is 2. The van der Waals surface area contributed by atoms with Crippen LogP contribution in [0.15, 0.2) is 101 Å². The molecular weight excluding hydrogens is 436 g/mol. The van der Waals surface area contributed by atoms with Crippen molar-refractivity contribution in [2.45, 2.75) is 26.4 Å². The van der Waals surface area contributed by atoms with Crippen molar-refractivity contribution in [3.8, 4) is 0 Å². The van der Waals surface area contributed by atoms with Crippen molar-refractivity contribution in [2.75, 3.05) is 7.11 Å². The van der Waals surface area contributed by atoms with E-state index in [4.69, 9.17) is 4.74 Å². The molecule has 0 bridgehead atoms. The van der Waals surface area contributed by atoms with E-state index in [-0.39, 0.29) is 9.79 Å². The van der Waals surface area contributed by atoms with Gasteiger partial charge in [-0.3, -0.25) is 4.79 Å². The molecule has 0 heterocycles. The van der Waals surface area contributed by atoms with Gasteiger partial charge in [-0.05, 0) is 29.8 Å². The minimum Gasteiger partial charge on any atom is -0.366 e. The highest BCUT2D eigenvalue weighted by molar-refractivity contribution is 8.09. The summed E-state index contributed by atoms with van der Waals surface area (Å²) in [6.45, 7) is 0. The number of ether oxygens (including phenoxy) is 1. The Morgan fingerprint density at radius 2 is 1.13 bits per heavy atom. The third kappa shape index (κ3) is 4.46. The van der Waals surface area contributed by atoms with Crippen LogP contribution in [0.3, 0.4) is 0 Å². The highest BCUT2D eigenvalue weighted by Crippen LogP contribution is 2.36. The minimum absolute atomic E-state index is 0.150. The van der Waals surface area contributed by atoms with Crippen LogP contribution in [0.1, 0.15) is 12.0 Å². The molecule has 0 aliphatic heterocycles. The summed E-state index contributed by atoms with van der Waals surface area (Å²) in [4.78, 5) is 11.9. The lowest BCUT2D eigenvalue weighted by Crippen LogP contribution is -2.41. The van der Waals surface area contributed by atoms with E-state index in [1.165, 1.54) is 55.6 Å². The van der Waals surface area contributed by atoms with Gasteiger partial charge < -0.3 is 4.74 Å². The van der Waals surface area contributed by atoms with Gasteiger partial charge in [-0.25, -0.2) is 16.8 Å². The van der Waals surface area contributed by atoms with Crippen molar-refractivity contribution in [1.29, 1.82) is 0 Å². The molecule has 0 unspecified atom stereocenters. The summed E-state index contributed by atoms with van der Waals surface area (Å²) in [6.07, 6.45) is -0.151. The van der Waals surface area contributed by atoms with Crippen molar-refractivity contribution in [1.82, 2.24) is 0 Å². The number of carbonyl (C=O) groups excluding carboxylic acids is 1. The maximum atomic E-state index is 13.5. The fourth-order valence-electron chi connectivity index (χ4n) is 3.36. The van der Waals surface area contributed by atoms with Gasteiger partial charge in [0.2, 0.25) is 0 Å². The zero-order valence-electron chi connectivity index (χ0n) is 16.8. The Labute approximate surface area is 182 Å². The molecular formula is C23H22O6S2. The maximum Gasteiger partial charge on any atom is 0.196 e. The summed E-state index contributed by atoms with van der Waals surface area (Å²) < 4.78 is 57.7. The zero-order chi connectivity index (χ0) is 22.5. The summed E-state index contributed by atoms with van der Waals surface area (Å²) >= 11 is 0. The summed E-state index contributed by atoms with van der Waals surface area (Å²) in [7, 11) is -7.54. The van der Waals surface area contributed by atoms with Crippen molar-refractivity contribution in [3.63, 3.8) is 0 Å². The maximum absolute atomic E-state index is 13.5. The highest BCUT2D eigenvalue weighted by Gasteiger charge is 2.47. The van der Waals surface area contributed by atoms with Gasteiger partial charge in [-0.1, -0.05) is 66.7 Å². The predicted molar refractivity (Wildman–Crippen MR) is 117 cm³/mol. The lowest BCUT2D eigenvalue weighted by Gasteiger charge is -2.31. The van der Waals surface area contributed by atoms with Crippen molar-refractivity contribution >= 4 is 26.0 Å². The van der Waals surface area contributed by atoms with E-state index < -0.39 is 36.3 Å². The summed E-state index contributed by atoms with van der Waals surface area (Å²) in [6, 6.07) is 22.9. The van der Waals surface area contributed by atoms with E-state index in [0.717, 1.165) is 0 Å². The Bertz CT molecular complexity index is 1160. The summed E-state index contributed by atoms with van der Waals surface area (Å²) in [5.41, 5.74) is -1.40. The van der Waals surface area contributed by atoms with E-state index in [1.807, 2.05) is 0 Å². The van der Waals surface area contributed by atoms with Crippen LogP contribution in [-0.4, -0.2) is 34.8 Å². The monoisotopic (exact) mass is 458 g/mol. The number of hydrogen-bond donors (Lipinski definition) is 0. The summed E-state index contributed by atoms with van der Waals surface area (Å²) in [5.74, 6) is 0. The van der Waals surface area contributed by atoms with Gasteiger partial charge in [-0.2, -0.15) is 0 Å². The third-order valence-corrected chi connectivity index (χ3v) is 10.2. The normalized spacial score (nSPS) is 14.1. The molecule has 0 amide bonds. The minimum atomic E-state index is -4.40. The van der Waals surface area contributed by atoms with Crippen LogP contribution in [0, 0.1) is 0 Å². The van der Waals surface area contributed by atoms with Crippen LogP contribution >= 0.6 is 0 Å². The second-order valence-corrected chi connectivity index (χ2v) is 11.5. The van der Waals surface area contributed by atoms with Gasteiger partial charge in [0.25, 0.3) is 0 Å². The quantitative estimate of drug-likeness (QED) is 0.456.